The Labute approximate surface area is 124 Å². The van der Waals surface area contributed by atoms with Crippen LogP contribution in [-0.2, 0) is 6.42 Å². The van der Waals surface area contributed by atoms with Gasteiger partial charge in [0.05, 0.1) is 0 Å². The Hall–Kier alpha value is -0.640. The third-order valence-corrected chi connectivity index (χ3v) is 4.33. The van der Waals surface area contributed by atoms with E-state index >= 15 is 0 Å². The Balaban J connectivity index is 1.88. The standard InChI is InChI=1S/C15H24BrN3/c1-3-4-14-18-13(16)9-15(19-14)17-10-12-7-5-11(2)6-8-12/h9,11-12H,3-8,10H2,1-2H3,(H,17,18,19). The quantitative estimate of drug-likeness (QED) is 0.814. The van der Waals surface area contributed by atoms with Crippen LogP contribution in [0.5, 0.6) is 0 Å². The first-order chi connectivity index (χ1) is 9.17. The van der Waals surface area contributed by atoms with Crippen LogP contribution in [0.1, 0.15) is 51.8 Å². The van der Waals surface area contributed by atoms with Crippen LogP contribution in [0.3, 0.4) is 0 Å². The molecule has 1 heterocycles. The number of anilines is 1. The molecule has 0 unspecified atom stereocenters. The van der Waals surface area contributed by atoms with Crippen molar-refractivity contribution in [3.8, 4) is 0 Å². The van der Waals surface area contributed by atoms with E-state index < -0.39 is 0 Å². The maximum Gasteiger partial charge on any atom is 0.132 e. The Kier molecular flexibility index (Phi) is 5.61. The minimum atomic E-state index is 0.805. The Morgan fingerprint density at radius 3 is 2.68 bits per heavy atom. The second-order valence-electron chi connectivity index (χ2n) is 5.75. The van der Waals surface area contributed by atoms with Crippen LogP contribution in [0, 0.1) is 11.8 Å². The summed E-state index contributed by atoms with van der Waals surface area (Å²) in [5, 5.41) is 3.49. The summed E-state index contributed by atoms with van der Waals surface area (Å²) in [4.78, 5) is 8.96. The molecule has 0 bridgehead atoms. The molecule has 106 valence electrons. The summed E-state index contributed by atoms with van der Waals surface area (Å²) in [5.74, 6) is 3.61. The van der Waals surface area contributed by atoms with E-state index in [0.717, 1.165) is 47.5 Å². The lowest BCUT2D eigenvalue weighted by Crippen LogP contribution is -2.20. The van der Waals surface area contributed by atoms with Crippen LogP contribution >= 0.6 is 15.9 Å². The third kappa shape index (κ3) is 4.75. The minimum Gasteiger partial charge on any atom is -0.370 e. The summed E-state index contributed by atoms with van der Waals surface area (Å²) < 4.78 is 0.880. The van der Waals surface area contributed by atoms with Gasteiger partial charge in [0.15, 0.2) is 0 Å². The molecule has 1 saturated carbocycles. The van der Waals surface area contributed by atoms with E-state index in [1.165, 1.54) is 25.7 Å². The van der Waals surface area contributed by atoms with E-state index in [9.17, 15) is 0 Å². The topological polar surface area (TPSA) is 37.8 Å². The average Bonchev–Trinajstić information content (AvgIpc) is 2.38. The second kappa shape index (κ2) is 7.22. The highest BCUT2D eigenvalue weighted by molar-refractivity contribution is 9.10. The lowest BCUT2D eigenvalue weighted by Gasteiger charge is -2.26. The lowest BCUT2D eigenvalue weighted by molar-refractivity contribution is 0.300. The number of hydrogen-bond acceptors (Lipinski definition) is 3. The predicted molar refractivity (Wildman–Crippen MR) is 83.3 cm³/mol. The van der Waals surface area contributed by atoms with Gasteiger partial charge in [-0.2, -0.15) is 0 Å². The van der Waals surface area contributed by atoms with E-state index in [2.05, 4.69) is 45.1 Å². The number of nitrogens with zero attached hydrogens (tertiary/aromatic N) is 2. The normalized spacial score (nSPS) is 23.3. The highest BCUT2D eigenvalue weighted by Crippen LogP contribution is 2.28. The van der Waals surface area contributed by atoms with Crippen LogP contribution in [0.15, 0.2) is 10.7 Å². The van der Waals surface area contributed by atoms with Gasteiger partial charge in [-0.25, -0.2) is 9.97 Å². The first-order valence-electron chi connectivity index (χ1n) is 7.44. The van der Waals surface area contributed by atoms with Crippen molar-refractivity contribution in [1.29, 1.82) is 0 Å². The molecule has 0 spiro atoms. The molecule has 0 saturated heterocycles. The highest BCUT2D eigenvalue weighted by atomic mass is 79.9. The molecule has 1 aromatic rings. The van der Waals surface area contributed by atoms with Crippen LogP contribution in [0.2, 0.25) is 0 Å². The Morgan fingerprint density at radius 1 is 1.26 bits per heavy atom. The molecule has 0 atom stereocenters. The van der Waals surface area contributed by atoms with Crippen molar-refractivity contribution in [2.45, 2.75) is 52.4 Å². The Bertz CT molecular complexity index is 400. The predicted octanol–water partition coefficient (Wildman–Crippen LogP) is 4.43. The van der Waals surface area contributed by atoms with Crippen molar-refractivity contribution in [2.75, 3.05) is 11.9 Å². The van der Waals surface area contributed by atoms with E-state index in [1.807, 2.05) is 6.07 Å². The molecule has 0 aliphatic heterocycles. The molecule has 3 nitrogen and oxygen atoms in total. The number of rotatable bonds is 5. The molecule has 0 amide bonds. The summed E-state index contributed by atoms with van der Waals surface area (Å²) in [6.45, 7) is 5.56. The van der Waals surface area contributed by atoms with Crippen LogP contribution in [-0.4, -0.2) is 16.5 Å². The van der Waals surface area contributed by atoms with Gasteiger partial charge in [0, 0.05) is 19.0 Å². The van der Waals surface area contributed by atoms with Gasteiger partial charge in [-0.3, -0.25) is 0 Å². The Morgan fingerprint density at radius 2 is 2.00 bits per heavy atom. The van der Waals surface area contributed by atoms with Gasteiger partial charge in [0.2, 0.25) is 0 Å². The van der Waals surface area contributed by atoms with Crippen LogP contribution < -0.4 is 5.32 Å². The summed E-state index contributed by atoms with van der Waals surface area (Å²) in [6, 6.07) is 1.98. The second-order valence-corrected chi connectivity index (χ2v) is 6.56. The van der Waals surface area contributed by atoms with Crippen LogP contribution in [0.4, 0.5) is 5.82 Å². The lowest BCUT2D eigenvalue weighted by atomic mass is 9.83. The van der Waals surface area contributed by atoms with E-state index in [1.54, 1.807) is 0 Å². The molecule has 0 radical (unpaired) electrons. The van der Waals surface area contributed by atoms with Crippen molar-refractivity contribution in [3.05, 3.63) is 16.5 Å². The van der Waals surface area contributed by atoms with Gasteiger partial charge in [0.1, 0.15) is 16.2 Å². The number of aromatic nitrogens is 2. The molecule has 1 aliphatic rings. The molecule has 1 aliphatic carbocycles. The van der Waals surface area contributed by atoms with E-state index in [-0.39, 0.29) is 0 Å². The number of nitrogens with one attached hydrogen (secondary N) is 1. The monoisotopic (exact) mass is 325 g/mol. The summed E-state index contributed by atoms with van der Waals surface area (Å²) in [5.41, 5.74) is 0. The van der Waals surface area contributed by atoms with Gasteiger partial charge >= 0.3 is 0 Å². The third-order valence-electron chi connectivity index (χ3n) is 3.92. The molecule has 1 aromatic heterocycles. The smallest absolute Gasteiger partial charge is 0.132 e. The molecule has 1 fully saturated rings. The first kappa shape index (κ1) is 14.8. The maximum atomic E-state index is 4.57. The van der Waals surface area contributed by atoms with Gasteiger partial charge in [-0.15, -0.1) is 0 Å². The molecule has 1 N–H and O–H groups in total. The summed E-state index contributed by atoms with van der Waals surface area (Å²) >= 11 is 3.47. The van der Waals surface area contributed by atoms with Gasteiger partial charge in [0.25, 0.3) is 0 Å². The van der Waals surface area contributed by atoms with Gasteiger partial charge in [-0.1, -0.05) is 26.7 Å². The average molecular weight is 326 g/mol. The number of aryl methyl sites for hydroxylation is 1. The van der Waals surface area contributed by atoms with Crippen molar-refractivity contribution >= 4 is 21.7 Å². The van der Waals surface area contributed by atoms with E-state index in [4.69, 9.17) is 0 Å². The van der Waals surface area contributed by atoms with Gasteiger partial charge < -0.3 is 5.32 Å². The fraction of sp³-hybridized carbons (Fsp3) is 0.733. The largest absolute Gasteiger partial charge is 0.370 e. The van der Waals surface area contributed by atoms with E-state index in [0.29, 0.717) is 0 Å². The number of hydrogen-bond donors (Lipinski definition) is 1. The molecular formula is C15H24BrN3. The van der Waals surface area contributed by atoms with Gasteiger partial charge in [-0.05, 0) is 47.0 Å². The fourth-order valence-electron chi connectivity index (χ4n) is 2.67. The summed E-state index contributed by atoms with van der Waals surface area (Å²) in [6.07, 6.45) is 7.47. The zero-order valence-electron chi connectivity index (χ0n) is 12.0. The molecule has 4 heteroatoms. The zero-order valence-corrected chi connectivity index (χ0v) is 13.5. The molecular weight excluding hydrogens is 302 g/mol. The molecule has 0 aromatic carbocycles. The SMILES string of the molecule is CCCc1nc(Br)cc(NCC2CCC(C)CC2)n1. The van der Waals surface area contributed by atoms with Crippen molar-refractivity contribution in [1.82, 2.24) is 9.97 Å². The minimum absolute atomic E-state index is 0.805. The maximum absolute atomic E-state index is 4.57. The first-order valence-corrected chi connectivity index (χ1v) is 8.24. The number of halogens is 1. The van der Waals surface area contributed by atoms with Crippen molar-refractivity contribution in [3.63, 3.8) is 0 Å². The molecule has 2 rings (SSSR count). The van der Waals surface area contributed by atoms with Crippen molar-refractivity contribution < 1.29 is 0 Å². The molecule has 19 heavy (non-hydrogen) atoms. The summed E-state index contributed by atoms with van der Waals surface area (Å²) in [7, 11) is 0. The fourth-order valence-corrected chi connectivity index (χ4v) is 3.09. The zero-order chi connectivity index (χ0) is 13.7. The van der Waals surface area contributed by atoms with Crippen LogP contribution in [0.25, 0.3) is 0 Å². The highest BCUT2D eigenvalue weighted by Gasteiger charge is 2.18. The van der Waals surface area contributed by atoms with Crippen molar-refractivity contribution in [2.24, 2.45) is 11.8 Å².